The molecular weight excluding hydrogens is 216 g/mol. The maximum atomic E-state index is 11.7. The summed E-state index contributed by atoms with van der Waals surface area (Å²) in [5.41, 5.74) is 1.78. The van der Waals surface area contributed by atoms with Gasteiger partial charge in [-0.1, -0.05) is 18.2 Å². The van der Waals surface area contributed by atoms with Gasteiger partial charge in [-0.15, -0.1) is 0 Å². The van der Waals surface area contributed by atoms with Crippen LogP contribution in [0.4, 0.5) is 0 Å². The second kappa shape index (κ2) is 4.59. The number of para-hydroxylation sites is 1. The summed E-state index contributed by atoms with van der Waals surface area (Å²) in [5.74, 6) is 0.0373. The normalized spacial score (nSPS) is 10.8. The molecule has 0 bridgehead atoms. The molecule has 4 nitrogen and oxygen atoms in total. The maximum absolute atomic E-state index is 11.7. The van der Waals surface area contributed by atoms with Crippen molar-refractivity contribution >= 4 is 16.8 Å². The highest BCUT2D eigenvalue weighted by molar-refractivity contribution is 5.85. The SMILES string of the molecule is CN(C)C(=O)Cn1ccc2cccc(CO)c21. The second-order valence-corrected chi connectivity index (χ2v) is 4.24. The fraction of sp³-hybridized carbons (Fsp3) is 0.308. The van der Waals surface area contributed by atoms with E-state index in [1.165, 1.54) is 0 Å². The van der Waals surface area contributed by atoms with Crippen LogP contribution in [0, 0.1) is 0 Å². The molecule has 1 aromatic heterocycles. The van der Waals surface area contributed by atoms with Crippen LogP contribution in [0.25, 0.3) is 10.9 Å². The van der Waals surface area contributed by atoms with Gasteiger partial charge in [0.05, 0.1) is 12.1 Å². The Morgan fingerprint density at radius 3 is 2.76 bits per heavy atom. The fourth-order valence-electron chi connectivity index (χ4n) is 1.89. The van der Waals surface area contributed by atoms with E-state index in [2.05, 4.69) is 0 Å². The van der Waals surface area contributed by atoms with E-state index in [0.717, 1.165) is 16.5 Å². The van der Waals surface area contributed by atoms with Crippen LogP contribution < -0.4 is 0 Å². The van der Waals surface area contributed by atoms with Crippen LogP contribution in [0.3, 0.4) is 0 Å². The number of carbonyl (C=O) groups excluding carboxylic acids is 1. The quantitative estimate of drug-likeness (QED) is 0.865. The van der Waals surface area contributed by atoms with Gasteiger partial charge < -0.3 is 14.6 Å². The van der Waals surface area contributed by atoms with Crippen molar-refractivity contribution in [3.63, 3.8) is 0 Å². The van der Waals surface area contributed by atoms with Crippen molar-refractivity contribution in [2.75, 3.05) is 14.1 Å². The van der Waals surface area contributed by atoms with Gasteiger partial charge >= 0.3 is 0 Å². The minimum absolute atomic E-state index is 0.0164. The Bertz CT molecular complexity index is 543. The Morgan fingerprint density at radius 2 is 2.12 bits per heavy atom. The van der Waals surface area contributed by atoms with Crippen LogP contribution in [-0.2, 0) is 17.9 Å². The van der Waals surface area contributed by atoms with E-state index in [1.807, 2.05) is 35.0 Å². The lowest BCUT2D eigenvalue weighted by Crippen LogP contribution is -2.26. The van der Waals surface area contributed by atoms with Gasteiger partial charge in [0.2, 0.25) is 5.91 Å². The Labute approximate surface area is 100 Å². The number of likely N-dealkylation sites (N-methyl/N-ethyl adjacent to an activating group) is 1. The highest BCUT2D eigenvalue weighted by atomic mass is 16.3. The molecule has 1 N–H and O–H groups in total. The third-order valence-corrected chi connectivity index (χ3v) is 2.85. The predicted molar refractivity (Wildman–Crippen MR) is 66.6 cm³/mol. The molecule has 90 valence electrons. The molecule has 1 heterocycles. The molecule has 4 heteroatoms. The first kappa shape index (κ1) is 11.7. The molecule has 0 radical (unpaired) electrons. The third-order valence-electron chi connectivity index (χ3n) is 2.85. The first-order valence-corrected chi connectivity index (χ1v) is 5.51. The monoisotopic (exact) mass is 232 g/mol. The predicted octanol–water partition coefficient (Wildman–Crippen LogP) is 1.22. The number of benzene rings is 1. The number of rotatable bonds is 3. The number of aromatic nitrogens is 1. The van der Waals surface area contributed by atoms with Crippen molar-refractivity contribution in [2.45, 2.75) is 13.2 Å². The summed E-state index contributed by atoms with van der Waals surface area (Å²) in [6, 6.07) is 7.72. The summed E-state index contributed by atoms with van der Waals surface area (Å²) >= 11 is 0. The molecule has 0 unspecified atom stereocenters. The van der Waals surface area contributed by atoms with Gasteiger partial charge in [0.15, 0.2) is 0 Å². The van der Waals surface area contributed by atoms with Gasteiger partial charge in [0.25, 0.3) is 0 Å². The largest absolute Gasteiger partial charge is 0.392 e. The number of nitrogens with zero attached hydrogens (tertiary/aromatic N) is 2. The maximum Gasteiger partial charge on any atom is 0.241 e. The molecule has 0 aliphatic rings. The molecule has 17 heavy (non-hydrogen) atoms. The van der Waals surface area contributed by atoms with E-state index in [1.54, 1.807) is 19.0 Å². The summed E-state index contributed by atoms with van der Waals surface area (Å²) < 4.78 is 1.88. The van der Waals surface area contributed by atoms with E-state index in [4.69, 9.17) is 0 Å². The van der Waals surface area contributed by atoms with Gasteiger partial charge in [0, 0.05) is 25.9 Å². The molecule has 1 aromatic carbocycles. The number of aliphatic hydroxyl groups is 1. The van der Waals surface area contributed by atoms with Crippen LogP contribution in [-0.4, -0.2) is 34.6 Å². The first-order chi connectivity index (χ1) is 8.13. The molecule has 0 aliphatic carbocycles. The summed E-state index contributed by atoms with van der Waals surface area (Å²) in [6.07, 6.45) is 1.88. The summed E-state index contributed by atoms with van der Waals surface area (Å²) in [5, 5.41) is 10.4. The lowest BCUT2D eigenvalue weighted by molar-refractivity contribution is -0.129. The van der Waals surface area contributed by atoms with Crippen LogP contribution in [0.15, 0.2) is 30.5 Å². The average molecular weight is 232 g/mol. The number of aliphatic hydroxyl groups excluding tert-OH is 1. The number of hydrogen-bond donors (Lipinski definition) is 1. The van der Waals surface area contributed by atoms with Crippen LogP contribution >= 0.6 is 0 Å². The van der Waals surface area contributed by atoms with Crippen LogP contribution in [0.2, 0.25) is 0 Å². The van der Waals surface area contributed by atoms with Crippen molar-refractivity contribution in [3.05, 3.63) is 36.0 Å². The van der Waals surface area contributed by atoms with E-state index in [0.29, 0.717) is 6.54 Å². The molecule has 2 rings (SSSR count). The molecule has 0 spiro atoms. The van der Waals surface area contributed by atoms with E-state index >= 15 is 0 Å². The molecule has 0 saturated carbocycles. The molecule has 0 fully saturated rings. The van der Waals surface area contributed by atoms with Crippen LogP contribution in [0.5, 0.6) is 0 Å². The molecule has 2 aromatic rings. The topological polar surface area (TPSA) is 45.5 Å². The van der Waals surface area contributed by atoms with Gasteiger partial charge in [0.1, 0.15) is 6.54 Å². The third kappa shape index (κ3) is 2.17. The van der Waals surface area contributed by atoms with Gasteiger partial charge in [-0.25, -0.2) is 0 Å². The number of carbonyl (C=O) groups is 1. The van der Waals surface area contributed by atoms with Crippen molar-refractivity contribution < 1.29 is 9.90 Å². The zero-order valence-corrected chi connectivity index (χ0v) is 10.1. The zero-order valence-electron chi connectivity index (χ0n) is 10.1. The van der Waals surface area contributed by atoms with Crippen molar-refractivity contribution in [2.24, 2.45) is 0 Å². The minimum Gasteiger partial charge on any atom is -0.392 e. The van der Waals surface area contributed by atoms with Gasteiger partial charge in [-0.3, -0.25) is 4.79 Å². The lowest BCUT2D eigenvalue weighted by Gasteiger charge is -2.12. The molecule has 0 aliphatic heterocycles. The Kier molecular flexibility index (Phi) is 3.15. The number of fused-ring (bicyclic) bond motifs is 1. The van der Waals surface area contributed by atoms with Crippen molar-refractivity contribution in [1.82, 2.24) is 9.47 Å². The fourth-order valence-corrected chi connectivity index (χ4v) is 1.89. The highest BCUT2D eigenvalue weighted by Gasteiger charge is 2.10. The zero-order chi connectivity index (χ0) is 12.4. The number of hydrogen-bond acceptors (Lipinski definition) is 2. The Hall–Kier alpha value is -1.81. The molecular formula is C13H16N2O2. The van der Waals surface area contributed by atoms with E-state index in [-0.39, 0.29) is 12.5 Å². The summed E-state index contributed by atoms with van der Waals surface area (Å²) in [7, 11) is 3.47. The lowest BCUT2D eigenvalue weighted by atomic mass is 10.1. The van der Waals surface area contributed by atoms with Crippen molar-refractivity contribution in [3.8, 4) is 0 Å². The smallest absolute Gasteiger partial charge is 0.241 e. The van der Waals surface area contributed by atoms with Crippen molar-refractivity contribution in [1.29, 1.82) is 0 Å². The average Bonchev–Trinajstić information content (AvgIpc) is 2.72. The summed E-state index contributed by atoms with van der Waals surface area (Å²) in [6.45, 7) is 0.283. The van der Waals surface area contributed by atoms with Gasteiger partial charge in [-0.2, -0.15) is 0 Å². The highest BCUT2D eigenvalue weighted by Crippen LogP contribution is 2.20. The van der Waals surface area contributed by atoms with Gasteiger partial charge in [-0.05, 0) is 11.5 Å². The molecule has 0 atom stereocenters. The standard InChI is InChI=1S/C13H16N2O2/c1-14(2)12(17)8-15-7-6-10-4-3-5-11(9-16)13(10)15/h3-7,16H,8-9H2,1-2H3. The second-order valence-electron chi connectivity index (χ2n) is 4.24. The summed E-state index contributed by atoms with van der Waals surface area (Å²) in [4.78, 5) is 13.3. The Balaban J connectivity index is 2.44. The minimum atomic E-state index is -0.0164. The number of amides is 1. The van der Waals surface area contributed by atoms with E-state index < -0.39 is 0 Å². The van der Waals surface area contributed by atoms with E-state index in [9.17, 15) is 9.90 Å². The molecule has 0 saturated heterocycles. The first-order valence-electron chi connectivity index (χ1n) is 5.51. The Morgan fingerprint density at radius 1 is 1.35 bits per heavy atom. The van der Waals surface area contributed by atoms with Crippen LogP contribution in [0.1, 0.15) is 5.56 Å². The molecule has 1 amide bonds.